The Morgan fingerprint density at radius 3 is 2.94 bits per heavy atom. The number of benzene rings is 1. The number of para-hydroxylation sites is 1. The van der Waals surface area contributed by atoms with Gasteiger partial charge in [0, 0.05) is 12.6 Å². The van der Waals surface area contributed by atoms with E-state index >= 15 is 0 Å². The van der Waals surface area contributed by atoms with Crippen LogP contribution in [0.4, 0.5) is 0 Å². The second kappa shape index (κ2) is 5.21. The van der Waals surface area contributed by atoms with Crippen LogP contribution in [-0.2, 0) is 0 Å². The van der Waals surface area contributed by atoms with E-state index in [4.69, 9.17) is 4.74 Å². The van der Waals surface area contributed by atoms with Crippen LogP contribution >= 0.6 is 0 Å². The van der Waals surface area contributed by atoms with Gasteiger partial charge >= 0.3 is 0 Å². The molecule has 1 unspecified atom stereocenters. The number of nitrogens with zero attached hydrogens (tertiary/aromatic N) is 1. The Balaban J connectivity index is 2.24. The summed E-state index contributed by atoms with van der Waals surface area (Å²) in [7, 11) is 1.60. The third kappa shape index (κ3) is 2.28. The summed E-state index contributed by atoms with van der Waals surface area (Å²) in [6, 6.07) is 7.84. The standard InChI is InChI=1S/C14H19NO2/c1-3-11-7-6-10-15(11)14(16)12-8-4-5-9-13(12)17-2/h4-5,8-9,11H,3,6-7,10H2,1-2H3. The van der Waals surface area contributed by atoms with Gasteiger partial charge < -0.3 is 9.64 Å². The second-order valence-electron chi connectivity index (χ2n) is 4.40. The van der Waals surface area contributed by atoms with Crippen LogP contribution < -0.4 is 4.74 Å². The van der Waals surface area contributed by atoms with Crippen LogP contribution in [0.15, 0.2) is 24.3 Å². The summed E-state index contributed by atoms with van der Waals surface area (Å²) in [6.45, 7) is 3.01. The molecule has 92 valence electrons. The van der Waals surface area contributed by atoms with Crippen LogP contribution in [0.2, 0.25) is 0 Å². The van der Waals surface area contributed by atoms with E-state index in [1.54, 1.807) is 7.11 Å². The van der Waals surface area contributed by atoms with Gasteiger partial charge in [-0.15, -0.1) is 0 Å². The molecule has 1 fully saturated rings. The fraction of sp³-hybridized carbons (Fsp3) is 0.500. The molecule has 1 aliphatic heterocycles. The van der Waals surface area contributed by atoms with Crippen LogP contribution in [0.3, 0.4) is 0 Å². The maximum Gasteiger partial charge on any atom is 0.257 e. The summed E-state index contributed by atoms with van der Waals surface area (Å²) in [6.07, 6.45) is 3.26. The van der Waals surface area contributed by atoms with Crippen molar-refractivity contribution < 1.29 is 9.53 Å². The number of ether oxygens (including phenoxy) is 1. The van der Waals surface area contributed by atoms with Crippen molar-refractivity contribution in [1.29, 1.82) is 0 Å². The molecule has 1 aromatic rings. The SMILES string of the molecule is CCC1CCCN1C(=O)c1ccccc1OC. The van der Waals surface area contributed by atoms with Crippen LogP contribution in [0.25, 0.3) is 0 Å². The topological polar surface area (TPSA) is 29.5 Å². The van der Waals surface area contributed by atoms with E-state index in [-0.39, 0.29) is 5.91 Å². The summed E-state index contributed by atoms with van der Waals surface area (Å²) in [5.74, 6) is 0.769. The summed E-state index contributed by atoms with van der Waals surface area (Å²) >= 11 is 0. The Hall–Kier alpha value is -1.51. The highest BCUT2D eigenvalue weighted by atomic mass is 16.5. The van der Waals surface area contributed by atoms with Crippen molar-refractivity contribution in [3.05, 3.63) is 29.8 Å². The first kappa shape index (κ1) is 12.0. The number of carbonyl (C=O) groups is 1. The first-order chi connectivity index (χ1) is 8.27. The molecule has 0 bridgehead atoms. The first-order valence-electron chi connectivity index (χ1n) is 6.22. The van der Waals surface area contributed by atoms with Crippen LogP contribution in [0, 0.1) is 0 Å². The number of carbonyl (C=O) groups excluding carboxylic acids is 1. The van der Waals surface area contributed by atoms with E-state index in [0.29, 0.717) is 17.4 Å². The zero-order valence-corrected chi connectivity index (χ0v) is 10.5. The van der Waals surface area contributed by atoms with E-state index in [1.165, 1.54) is 0 Å². The average molecular weight is 233 g/mol. The number of methoxy groups -OCH3 is 1. The Morgan fingerprint density at radius 2 is 2.24 bits per heavy atom. The van der Waals surface area contributed by atoms with Gasteiger partial charge in [0.2, 0.25) is 0 Å². The predicted molar refractivity (Wildman–Crippen MR) is 67.3 cm³/mol. The van der Waals surface area contributed by atoms with Crippen molar-refractivity contribution in [2.45, 2.75) is 32.2 Å². The normalized spacial score (nSPS) is 19.4. The fourth-order valence-corrected chi connectivity index (χ4v) is 2.50. The highest BCUT2D eigenvalue weighted by Crippen LogP contribution is 2.26. The van der Waals surface area contributed by atoms with Gasteiger partial charge in [0.1, 0.15) is 5.75 Å². The largest absolute Gasteiger partial charge is 0.496 e. The first-order valence-corrected chi connectivity index (χ1v) is 6.22. The lowest BCUT2D eigenvalue weighted by molar-refractivity contribution is 0.0730. The minimum absolute atomic E-state index is 0.104. The molecule has 17 heavy (non-hydrogen) atoms. The zero-order chi connectivity index (χ0) is 12.3. The van der Waals surface area contributed by atoms with E-state index in [0.717, 1.165) is 25.8 Å². The molecule has 0 aliphatic carbocycles. The minimum atomic E-state index is 0.104. The second-order valence-corrected chi connectivity index (χ2v) is 4.40. The smallest absolute Gasteiger partial charge is 0.257 e. The maximum absolute atomic E-state index is 12.4. The molecule has 2 rings (SSSR count). The average Bonchev–Trinajstić information content (AvgIpc) is 2.86. The highest BCUT2D eigenvalue weighted by molar-refractivity contribution is 5.97. The number of amides is 1. The Labute approximate surface area is 102 Å². The van der Waals surface area contributed by atoms with E-state index in [2.05, 4.69) is 6.92 Å². The molecule has 3 heteroatoms. The monoisotopic (exact) mass is 233 g/mol. The summed E-state index contributed by atoms with van der Waals surface area (Å²) in [5, 5.41) is 0. The molecular weight excluding hydrogens is 214 g/mol. The quantitative estimate of drug-likeness (QED) is 0.803. The number of hydrogen-bond acceptors (Lipinski definition) is 2. The lowest BCUT2D eigenvalue weighted by Crippen LogP contribution is -2.35. The van der Waals surface area contributed by atoms with Gasteiger partial charge in [0.05, 0.1) is 12.7 Å². The molecule has 0 spiro atoms. The van der Waals surface area contributed by atoms with Crippen molar-refractivity contribution >= 4 is 5.91 Å². The molecule has 0 aromatic heterocycles. The van der Waals surface area contributed by atoms with E-state index < -0.39 is 0 Å². The molecule has 1 saturated heterocycles. The summed E-state index contributed by atoms with van der Waals surface area (Å²) in [4.78, 5) is 14.4. The number of hydrogen-bond donors (Lipinski definition) is 0. The third-order valence-corrected chi connectivity index (χ3v) is 3.45. The fourth-order valence-electron chi connectivity index (χ4n) is 2.50. The maximum atomic E-state index is 12.4. The van der Waals surface area contributed by atoms with Gasteiger partial charge in [-0.3, -0.25) is 4.79 Å². The Bertz CT molecular complexity index is 403. The molecule has 1 amide bonds. The van der Waals surface area contributed by atoms with Crippen LogP contribution in [-0.4, -0.2) is 30.5 Å². The molecule has 1 atom stereocenters. The number of likely N-dealkylation sites (tertiary alicyclic amines) is 1. The lowest BCUT2D eigenvalue weighted by Gasteiger charge is -2.24. The van der Waals surface area contributed by atoms with Gasteiger partial charge in [-0.1, -0.05) is 19.1 Å². The Morgan fingerprint density at radius 1 is 1.47 bits per heavy atom. The molecule has 1 aliphatic rings. The minimum Gasteiger partial charge on any atom is -0.496 e. The summed E-state index contributed by atoms with van der Waals surface area (Å²) < 4.78 is 5.25. The third-order valence-electron chi connectivity index (χ3n) is 3.45. The number of rotatable bonds is 3. The van der Waals surface area contributed by atoms with Crippen molar-refractivity contribution in [2.75, 3.05) is 13.7 Å². The summed E-state index contributed by atoms with van der Waals surface area (Å²) in [5.41, 5.74) is 0.676. The van der Waals surface area contributed by atoms with E-state index in [9.17, 15) is 4.79 Å². The van der Waals surface area contributed by atoms with Gasteiger partial charge in [-0.25, -0.2) is 0 Å². The molecule has 0 N–H and O–H groups in total. The van der Waals surface area contributed by atoms with Crippen molar-refractivity contribution in [1.82, 2.24) is 4.90 Å². The van der Waals surface area contributed by atoms with Gasteiger partial charge in [-0.05, 0) is 31.4 Å². The van der Waals surface area contributed by atoms with Crippen LogP contribution in [0.1, 0.15) is 36.5 Å². The molecule has 0 radical (unpaired) electrons. The van der Waals surface area contributed by atoms with Crippen molar-refractivity contribution in [2.24, 2.45) is 0 Å². The van der Waals surface area contributed by atoms with E-state index in [1.807, 2.05) is 29.2 Å². The van der Waals surface area contributed by atoms with Crippen molar-refractivity contribution in [3.8, 4) is 5.75 Å². The van der Waals surface area contributed by atoms with Gasteiger partial charge in [0.25, 0.3) is 5.91 Å². The van der Waals surface area contributed by atoms with Gasteiger partial charge in [0.15, 0.2) is 0 Å². The Kier molecular flexibility index (Phi) is 3.67. The molecule has 3 nitrogen and oxygen atoms in total. The van der Waals surface area contributed by atoms with Gasteiger partial charge in [-0.2, -0.15) is 0 Å². The predicted octanol–water partition coefficient (Wildman–Crippen LogP) is 2.71. The molecule has 0 saturated carbocycles. The molecule has 1 heterocycles. The van der Waals surface area contributed by atoms with Crippen molar-refractivity contribution in [3.63, 3.8) is 0 Å². The molecule has 1 aromatic carbocycles. The highest BCUT2D eigenvalue weighted by Gasteiger charge is 2.29. The lowest BCUT2D eigenvalue weighted by atomic mass is 10.1. The van der Waals surface area contributed by atoms with Crippen LogP contribution in [0.5, 0.6) is 5.75 Å². The zero-order valence-electron chi connectivity index (χ0n) is 10.5. The molecular formula is C14H19NO2.